The van der Waals surface area contributed by atoms with E-state index >= 15 is 0 Å². The number of nitrogens with zero attached hydrogens (tertiary/aromatic N) is 3. The first-order valence-corrected chi connectivity index (χ1v) is 14.3. The fourth-order valence-electron chi connectivity index (χ4n) is 5.80. The Balaban J connectivity index is 1.39. The Hall–Kier alpha value is -5.36. The highest BCUT2D eigenvalue weighted by atomic mass is 16.6. The molecule has 2 unspecified atom stereocenters. The number of piperazine rings is 1. The third kappa shape index (κ3) is 5.79. The summed E-state index contributed by atoms with van der Waals surface area (Å²) in [5.74, 6) is -0.574. The maximum absolute atomic E-state index is 14.3. The molecule has 2 atom stereocenters. The molecular formula is C35H33N3O6. The predicted octanol–water partition coefficient (Wildman–Crippen LogP) is 5.64. The number of carbonyl (C=O) groups is 3. The number of benzene rings is 4. The first-order valence-electron chi connectivity index (χ1n) is 14.3. The maximum atomic E-state index is 14.3. The zero-order valence-electron chi connectivity index (χ0n) is 24.9. The first kappa shape index (κ1) is 30.1. The Morgan fingerprint density at radius 2 is 1.41 bits per heavy atom. The third-order valence-electron chi connectivity index (χ3n) is 8.14. The van der Waals surface area contributed by atoms with Crippen LogP contribution >= 0.6 is 0 Å². The molecule has 1 saturated heterocycles. The van der Waals surface area contributed by atoms with Gasteiger partial charge in [-0.1, -0.05) is 60.7 Å². The van der Waals surface area contributed by atoms with Crippen molar-refractivity contribution in [1.29, 1.82) is 5.26 Å². The molecule has 0 spiro atoms. The minimum Gasteiger partial charge on any atom is -0.496 e. The standard InChI is InChI=1S/C35H33N3O6/c1-35(23-36,31(29-12-6-7-14-30(29)42-2)28-13-8-10-24-9-4-5-11-27(24)28)33(40)37-19-21-38(22-20-37)34(41)44-26-17-15-25(16-18-26)32(39)43-3/h4-18,31H,19-22H2,1-3H3. The largest absolute Gasteiger partial charge is 0.496 e. The van der Waals surface area contributed by atoms with Gasteiger partial charge in [0.05, 0.1) is 25.9 Å². The number of nitriles is 1. The van der Waals surface area contributed by atoms with Crippen molar-refractivity contribution in [2.24, 2.45) is 5.41 Å². The molecular weight excluding hydrogens is 558 g/mol. The number of hydrogen-bond donors (Lipinski definition) is 0. The van der Waals surface area contributed by atoms with E-state index in [1.165, 1.54) is 36.3 Å². The molecule has 1 aliphatic heterocycles. The van der Waals surface area contributed by atoms with Crippen LogP contribution in [0.2, 0.25) is 0 Å². The van der Waals surface area contributed by atoms with E-state index in [-0.39, 0.29) is 37.8 Å². The van der Waals surface area contributed by atoms with Crippen molar-refractivity contribution in [3.05, 3.63) is 108 Å². The number of hydrogen-bond acceptors (Lipinski definition) is 7. The topological polar surface area (TPSA) is 109 Å². The summed E-state index contributed by atoms with van der Waals surface area (Å²) in [5, 5.41) is 12.7. The Bertz CT molecular complexity index is 1720. The summed E-state index contributed by atoms with van der Waals surface area (Å²) < 4.78 is 15.9. The van der Waals surface area contributed by atoms with Gasteiger partial charge in [0, 0.05) is 37.7 Å². The smallest absolute Gasteiger partial charge is 0.415 e. The van der Waals surface area contributed by atoms with E-state index in [1.54, 1.807) is 18.9 Å². The molecule has 0 saturated carbocycles. The highest BCUT2D eigenvalue weighted by Gasteiger charge is 2.48. The molecule has 0 aliphatic carbocycles. The van der Waals surface area contributed by atoms with Gasteiger partial charge in [0.2, 0.25) is 5.91 Å². The van der Waals surface area contributed by atoms with Gasteiger partial charge in [0.15, 0.2) is 0 Å². The summed E-state index contributed by atoms with van der Waals surface area (Å²) in [7, 11) is 2.87. The molecule has 5 rings (SSSR count). The van der Waals surface area contributed by atoms with E-state index < -0.39 is 23.4 Å². The van der Waals surface area contributed by atoms with Gasteiger partial charge in [-0.2, -0.15) is 5.26 Å². The van der Waals surface area contributed by atoms with Gasteiger partial charge in [-0.05, 0) is 53.6 Å². The molecule has 9 heteroatoms. The van der Waals surface area contributed by atoms with Crippen LogP contribution in [-0.2, 0) is 9.53 Å². The molecule has 2 amide bonds. The lowest BCUT2D eigenvalue weighted by molar-refractivity contribution is -0.140. The number of carbonyl (C=O) groups excluding carboxylic acids is 3. The summed E-state index contributed by atoms with van der Waals surface area (Å²) in [6.45, 7) is 2.63. The summed E-state index contributed by atoms with van der Waals surface area (Å²) in [6, 6.07) is 29.8. The van der Waals surface area contributed by atoms with E-state index in [4.69, 9.17) is 14.2 Å². The molecule has 44 heavy (non-hydrogen) atoms. The minimum absolute atomic E-state index is 0.236. The van der Waals surface area contributed by atoms with Crippen LogP contribution in [0.4, 0.5) is 4.79 Å². The molecule has 0 radical (unpaired) electrons. The first-order chi connectivity index (χ1) is 21.3. The average Bonchev–Trinajstić information content (AvgIpc) is 3.08. The van der Waals surface area contributed by atoms with Gasteiger partial charge >= 0.3 is 12.1 Å². The number of fused-ring (bicyclic) bond motifs is 1. The fraction of sp³-hybridized carbons (Fsp3) is 0.257. The average molecular weight is 592 g/mol. The van der Waals surface area contributed by atoms with Crippen molar-refractivity contribution in [2.75, 3.05) is 40.4 Å². The van der Waals surface area contributed by atoms with Crippen LogP contribution in [-0.4, -0.2) is 68.2 Å². The fourth-order valence-corrected chi connectivity index (χ4v) is 5.80. The van der Waals surface area contributed by atoms with Crippen molar-refractivity contribution >= 4 is 28.7 Å². The number of para-hydroxylation sites is 1. The molecule has 4 aromatic rings. The normalized spacial score (nSPS) is 15.0. The van der Waals surface area contributed by atoms with Gasteiger partial charge in [-0.3, -0.25) is 4.79 Å². The van der Waals surface area contributed by atoms with Crippen LogP contribution in [0.15, 0.2) is 91.0 Å². The zero-order chi connectivity index (χ0) is 31.3. The van der Waals surface area contributed by atoms with Crippen LogP contribution in [0, 0.1) is 16.7 Å². The lowest BCUT2D eigenvalue weighted by Gasteiger charge is -2.40. The monoisotopic (exact) mass is 591 g/mol. The third-order valence-corrected chi connectivity index (χ3v) is 8.14. The number of esters is 1. The molecule has 1 aliphatic rings. The highest BCUT2D eigenvalue weighted by Crippen LogP contribution is 2.47. The zero-order valence-corrected chi connectivity index (χ0v) is 24.9. The van der Waals surface area contributed by atoms with Crippen molar-refractivity contribution in [3.8, 4) is 17.6 Å². The molecule has 1 heterocycles. The predicted molar refractivity (Wildman–Crippen MR) is 164 cm³/mol. The number of ether oxygens (including phenoxy) is 3. The summed E-state index contributed by atoms with van der Waals surface area (Å²) in [5.41, 5.74) is 0.438. The van der Waals surface area contributed by atoms with Crippen LogP contribution in [0.1, 0.15) is 34.3 Å². The molecule has 4 aromatic carbocycles. The molecule has 0 bridgehead atoms. The Morgan fingerprint density at radius 3 is 2.09 bits per heavy atom. The summed E-state index contributed by atoms with van der Waals surface area (Å²) in [6.07, 6.45) is -0.561. The number of rotatable bonds is 7. The van der Waals surface area contributed by atoms with Crippen LogP contribution in [0.5, 0.6) is 11.5 Å². The second kappa shape index (κ2) is 12.9. The van der Waals surface area contributed by atoms with Gasteiger partial charge in [-0.15, -0.1) is 0 Å². The molecule has 0 aromatic heterocycles. The Morgan fingerprint density at radius 1 is 0.795 bits per heavy atom. The SMILES string of the molecule is COC(=O)c1ccc(OC(=O)N2CCN(C(=O)C(C)(C#N)C(c3ccccc3OC)c3cccc4ccccc34)CC2)cc1. The van der Waals surface area contributed by atoms with Crippen molar-refractivity contribution in [3.63, 3.8) is 0 Å². The van der Waals surface area contributed by atoms with E-state index in [9.17, 15) is 19.6 Å². The molecule has 0 N–H and O–H groups in total. The van der Waals surface area contributed by atoms with Crippen LogP contribution < -0.4 is 9.47 Å². The summed E-state index contributed by atoms with van der Waals surface area (Å²) in [4.78, 5) is 42.1. The van der Waals surface area contributed by atoms with Gasteiger partial charge in [0.1, 0.15) is 16.9 Å². The minimum atomic E-state index is -1.50. The maximum Gasteiger partial charge on any atom is 0.415 e. The lowest BCUT2D eigenvalue weighted by atomic mass is 9.68. The summed E-state index contributed by atoms with van der Waals surface area (Å²) >= 11 is 0. The van der Waals surface area contributed by atoms with Gasteiger partial charge in [0.25, 0.3) is 0 Å². The van der Waals surface area contributed by atoms with Crippen molar-refractivity contribution in [1.82, 2.24) is 9.80 Å². The van der Waals surface area contributed by atoms with Crippen LogP contribution in [0.3, 0.4) is 0 Å². The Kier molecular flexibility index (Phi) is 8.81. The second-order valence-electron chi connectivity index (χ2n) is 10.7. The van der Waals surface area contributed by atoms with E-state index in [2.05, 4.69) is 6.07 Å². The van der Waals surface area contributed by atoms with Crippen molar-refractivity contribution in [2.45, 2.75) is 12.8 Å². The molecule has 1 fully saturated rings. The lowest BCUT2D eigenvalue weighted by Crippen LogP contribution is -2.55. The molecule has 9 nitrogen and oxygen atoms in total. The van der Waals surface area contributed by atoms with Gasteiger partial charge < -0.3 is 24.0 Å². The second-order valence-corrected chi connectivity index (χ2v) is 10.7. The van der Waals surface area contributed by atoms with Crippen molar-refractivity contribution < 1.29 is 28.6 Å². The van der Waals surface area contributed by atoms with E-state index in [0.717, 1.165) is 21.9 Å². The van der Waals surface area contributed by atoms with E-state index in [0.29, 0.717) is 11.3 Å². The van der Waals surface area contributed by atoms with E-state index in [1.807, 2.05) is 66.7 Å². The van der Waals surface area contributed by atoms with Gasteiger partial charge in [-0.25, -0.2) is 9.59 Å². The molecule has 224 valence electrons. The van der Waals surface area contributed by atoms with Crippen LogP contribution in [0.25, 0.3) is 10.8 Å². The quantitative estimate of drug-likeness (QED) is 0.256. The number of methoxy groups -OCH3 is 2. The Labute approximate surface area is 256 Å². The number of amides is 2. The highest BCUT2D eigenvalue weighted by molar-refractivity contribution is 5.92.